The minimum Gasteiger partial charge on any atom is -0.367 e. The zero-order valence-corrected chi connectivity index (χ0v) is 9.79. The molecule has 1 rings (SSSR count). The van der Waals surface area contributed by atoms with Gasteiger partial charge in [0.25, 0.3) is 0 Å². The summed E-state index contributed by atoms with van der Waals surface area (Å²) in [6, 6.07) is 0.386. The average molecular weight is 224 g/mol. The Balaban J connectivity index is 2.15. The van der Waals surface area contributed by atoms with Crippen LogP contribution in [0.3, 0.4) is 0 Å². The topological polar surface area (TPSA) is 50.4 Å². The van der Waals surface area contributed by atoms with Crippen molar-refractivity contribution in [3.05, 3.63) is 0 Å². The first kappa shape index (κ1) is 13.0. The van der Waals surface area contributed by atoms with Gasteiger partial charge in [0.1, 0.15) is 6.10 Å². The van der Waals surface area contributed by atoms with Gasteiger partial charge in [-0.1, -0.05) is 12.3 Å². The molecule has 0 radical (unpaired) electrons. The highest BCUT2D eigenvalue weighted by molar-refractivity contribution is 5.80. The summed E-state index contributed by atoms with van der Waals surface area (Å²) in [5, 5.41) is 5.97. The SMILES string of the molecule is C#CCNC(=O)C(C)OCC1CCCCN1. The maximum Gasteiger partial charge on any atom is 0.249 e. The lowest BCUT2D eigenvalue weighted by molar-refractivity contribution is -0.131. The zero-order chi connectivity index (χ0) is 11.8. The predicted octanol–water partition coefficient (Wildman–Crippen LogP) is 0.283. The number of nitrogens with one attached hydrogen (secondary N) is 2. The average Bonchev–Trinajstić information content (AvgIpc) is 2.34. The van der Waals surface area contributed by atoms with Crippen LogP contribution in [-0.2, 0) is 9.53 Å². The second kappa shape index (κ2) is 7.26. The van der Waals surface area contributed by atoms with Crippen molar-refractivity contribution >= 4 is 5.91 Å². The summed E-state index contributed by atoms with van der Waals surface area (Å²) in [5.41, 5.74) is 0. The van der Waals surface area contributed by atoms with Gasteiger partial charge < -0.3 is 15.4 Å². The molecule has 2 N–H and O–H groups in total. The van der Waals surface area contributed by atoms with Gasteiger partial charge >= 0.3 is 0 Å². The Hall–Kier alpha value is -1.05. The molecule has 1 heterocycles. The highest BCUT2D eigenvalue weighted by atomic mass is 16.5. The van der Waals surface area contributed by atoms with Crippen molar-refractivity contribution in [1.82, 2.24) is 10.6 Å². The predicted molar refractivity (Wildman–Crippen MR) is 62.9 cm³/mol. The van der Waals surface area contributed by atoms with E-state index in [1.807, 2.05) is 0 Å². The number of ether oxygens (including phenoxy) is 1. The number of hydrogen-bond acceptors (Lipinski definition) is 3. The van der Waals surface area contributed by atoms with Gasteiger partial charge in [-0.25, -0.2) is 0 Å². The molecule has 1 fully saturated rings. The molecule has 0 aromatic heterocycles. The van der Waals surface area contributed by atoms with Crippen molar-refractivity contribution in [3.63, 3.8) is 0 Å². The fourth-order valence-corrected chi connectivity index (χ4v) is 1.68. The smallest absolute Gasteiger partial charge is 0.249 e. The number of hydrogen-bond donors (Lipinski definition) is 2. The first-order valence-corrected chi connectivity index (χ1v) is 5.80. The van der Waals surface area contributed by atoms with E-state index in [9.17, 15) is 4.79 Å². The van der Waals surface area contributed by atoms with Crippen LogP contribution in [0.2, 0.25) is 0 Å². The van der Waals surface area contributed by atoms with E-state index in [-0.39, 0.29) is 12.5 Å². The van der Waals surface area contributed by atoms with Crippen LogP contribution in [0.25, 0.3) is 0 Å². The zero-order valence-electron chi connectivity index (χ0n) is 9.79. The fraction of sp³-hybridized carbons (Fsp3) is 0.750. The van der Waals surface area contributed by atoms with Gasteiger partial charge in [0.05, 0.1) is 13.2 Å². The molecular weight excluding hydrogens is 204 g/mol. The Kier molecular flexibility index (Phi) is 5.91. The molecule has 1 saturated heterocycles. The second-order valence-corrected chi connectivity index (χ2v) is 4.04. The molecule has 1 amide bonds. The molecule has 1 aliphatic rings. The summed E-state index contributed by atoms with van der Waals surface area (Å²) >= 11 is 0. The summed E-state index contributed by atoms with van der Waals surface area (Å²) in [6.45, 7) is 3.64. The van der Waals surface area contributed by atoms with Crippen LogP contribution in [0.4, 0.5) is 0 Å². The molecule has 0 aromatic rings. The van der Waals surface area contributed by atoms with E-state index < -0.39 is 6.10 Å². The van der Waals surface area contributed by atoms with Gasteiger partial charge in [0.15, 0.2) is 0 Å². The maximum atomic E-state index is 11.4. The molecule has 16 heavy (non-hydrogen) atoms. The third-order valence-corrected chi connectivity index (χ3v) is 2.69. The molecule has 0 aromatic carbocycles. The summed E-state index contributed by atoms with van der Waals surface area (Å²) < 4.78 is 5.50. The third kappa shape index (κ3) is 4.65. The molecule has 90 valence electrons. The van der Waals surface area contributed by atoms with Gasteiger partial charge in [-0.15, -0.1) is 6.42 Å². The highest BCUT2D eigenvalue weighted by Crippen LogP contribution is 2.07. The molecule has 4 heteroatoms. The summed E-state index contributed by atoms with van der Waals surface area (Å²) in [5.74, 6) is 2.21. The highest BCUT2D eigenvalue weighted by Gasteiger charge is 2.17. The van der Waals surface area contributed by atoms with Crippen molar-refractivity contribution in [3.8, 4) is 12.3 Å². The van der Waals surface area contributed by atoms with Crippen LogP contribution in [0.1, 0.15) is 26.2 Å². The lowest BCUT2D eigenvalue weighted by Gasteiger charge is -2.24. The van der Waals surface area contributed by atoms with Gasteiger partial charge in [0.2, 0.25) is 5.91 Å². The van der Waals surface area contributed by atoms with Crippen LogP contribution in [0.15, 0.2) is 0 Å². The summed E-state index contributed by atoms with van der Waals surface area (Å²) in [4.78, 5) is 11.4. The number of terminal acetylenes is 1. The molecule has 0 bridgehead atoms. The van der Waals surface area contributed by atoms with Crippen molar-refractivity contribution in [2.45, 2.75) is 38.3 Å². The molecular formula is C12H20N2O2. The number of carbonyl (C=O) groups excluding carboxylic acids is 1. The van der Waals surface area contributed by atoms with Crippen LogP contribution in [-0.4, -0.2) is 37.7 Å². The Morgan fingerprint density at radius 1 is 1.69 bits per heavy atom. The van der Waals surface area contributed by atoms with Gasteiger partial charge in [-0.2, -0.15) is 0 Å². The van der Waals surface area contributed by atoms with E-state index in [4.69, 9.17) is 11.2 Å². The van der Waals surface area contributed by atoms with Crippen LogP contribution < -0.4 is 10.6 Å². The lowest BCUT2D eigenvalue weighted by atomic mass is 10.1. The molecule has 2 atom stereocenters. The fourth-order valence-electron chi connectivity index (χ4n) is 1.68. The lowest BCUT2D eigenvalue weighted by Crippen LogP contribution is -2.41. The van der Waals surface area contributed by atoms with Crippen molar-refractivity contribution in [2.75, 3.05) is 19.7 Å². The van der Waals surface area contributed by atoms with Crippen molar-refractivity contribution < 1.29 is 9.53 Å². The first-order chi connectivity index (χ1) is 7.74. The normalized spacial score (nSPS) is 22.1. The number of rotatable bonds is 5. The van der Waals surface area contributed by atoms with Crippen LogP contribution in [0, 0.1) is 12.3 Å². The molecule has 0 spiro atoms. The first-order valence-electron chi connectivity index (χ1n) is 5.80. The van der Waals surface area contributed by atoms with E-state index in [2.05, 4.69) is 16.6 Å². The molecule has 2 unspecified atom stereocenters. The third-order valence-electron chi connectivity index (χ3n) is 2.69. The number of amides is 1. The molecule has 0 saturated carbocycles. The molecule has 0 aliphatic carbocycles. The largest absolute Gasteiger partial charge is 0.367 e. The minimum atomic E-state index is -0.433. The van der Waals surface area contributed by atoms with Crippen molar-refractivity contribution in [1.29, 1.82) is 0 Å². The van der Waals surface area contributed by atoms with Gasteiger partial charge in [-0.05, 0) is 26.3 Å². The Morgan fingerprint density at radius 3 is 3.12 bits per heavy atom. The van der Waals surface area contributed by atoms with Crippen LogP contribution in [0.5, 0.6) is 0 Å². The minimum absolute atomic E-state index is 0.145. The summed E-state index contributed by atoms with van der Waals surface area (Å²) in [7, 11) is 0. The van der Waals surface area contributed by atoms with E-state index in [1.165, 1.54) is 12.8 Å². The van der Waals surface area contributed by atoms with Crippen LogP contribution >= 0.6 is 0 Å². The van der Waals surface area contributed by atoms with Gasteiger partial charge in [0, 0.05) is 6.04 Å². The number of piperidine rings is 1. The van der Waals surface area contributed by atoms with Gasteiger partial charge in [-0.3, -0.25) is 4.79 Å². The van der Waals surface area contributed by atoms with E-state index in [0.29, 0.717) is 12.6 Å². The summed E-state index contributed by atoms with van der Waals surface area (Å²) in [6.07, 6.45) is 8.21. The monoisotopic (exact) mass is 224 g/mol. The Labute approximate surface area is 97.1 Å². The quantitative estimate of drug-likeness (QED) is 0.660. The second-order valence-electron chi connectivity index (χ2n) is 4.04. The van der Waals surface area contributed by atoms with Crippen molar-refractivity contribution in [2.24, 2.45) is 0 Å². The maximum absolute atomic E-state index is 11.4. The standard InChI is InChI=1S/C12H20N2O2/c1-3-7-14-12(15)10(2)16-9-11-6-4-5-8-13-11/h1,10-11,13H,4-9H2,2H3,(H,14,15). The number of carbonyl (C=O) groups is 1. The van der Waals surface area contributed by atoms with E-state index in [0.717, 1.165) is 13.0 Å². The molecule has 4 nitrogen and oxygen atoms in total. The van der Waals surface area contributed by atoms with E-state index >= 15 is 0 Å². The Morgan fingerprint density at radius 2 is 2.50 bits per heavy atom. The van der Waals surface area contributed by atoms with E-state index in [1.54, 1.807) is 6.92 Å². The molecule has 1 aliphatic heterocycles. The Bertz CT molecular complexity index is 254.